The highest BCUT2D eigenvalue weighted by molar-refractivity contribution is 5.83. The van der Waals surface area contributed by atoms with Crippen LogP contribution in [0.2, 0.25) is 0 Å². The van der Waals surface area contributed by atoms with Gasteiger partial charge in [-0.15, -0.1) is 5.10 Å². The van der Waals surface area contributed by atoms with Gasteiger partial charge in [0, 0.05) is 0 Å². The van der Waals surface area contributed by atoms with E-state index in [9.17, 15) is 9.18 Å². The van der Waals surface area contributed by atoms with Crippen molar-refractivity contribution < 1.29 is 9.18 Å². The van der Waals surface area contributed by atoms with Crippen molar-refractivity contribution in [2.75, 3.05) is 19.8 Å². The van der Waals surface area contributed by atoms with Crippen LogP contribution in [0.25, 0.3) is 0 Å². The van der Waals surface area contributed by atoms with Gasteiger partial charge in [0.1, 0.15) is 17.7 Å². The van der Waals surface area contributed by atoms with E-state index in [1.165, 1.54) is 12.1 Å². The number of nitrogens with two attached hydrogens (primary N) is 1. The van der Waals surface area contributed by atoms with E-state index in [1.807, 2.05) is 0 Å². The lowest BCUT2D eigenvalue weighted by atomic mass is 10.1. The number of nitrogen functional groups attached to an aromatic ring is 1. The van der Waals surface area contributed by atoms with E-state index in [0.29, 0.717) is 11.4 Å². The number of carbonyl (C=O) groups excluding carboxylic acids is 1. The molecule has 1 aromatic heterocycles. The molecule has 2 rings (SSSR count). The first-order valence-electron chi connectivity index (χ1n) is 6.33. The minimum absolute atomic E-state index is 0.127. The number of halogens is 1. The number of rotatable bonds is 5. The number of hydrogen-bond donors (Lipinski definition) is 3. The molecule has 1 amide bonds. The standard InChI is InChI=1S/C13H17FN6O/c1-20(2)11(8-3-5-9(14)6-4-8)12(21)16-7-10-17-13(15)19-18-10/h3-6,11H,7H2,1-2H3,(H,16,21)(H3,15,17,18,19). The third-order valence-electron chi connectivity index (χ3n) is 2.93. The van der Waals surface area contributed by atoms with Crippen LogP contribution in [0.5, 0.6) is 0 Å². The molecule has 7 nitrogen and oxygen atoms in total. The van der Waals surface area contributed by atoms with Crippen LogP contribution in [-0.2, 0) is 11.3 Å². The van der Waals surface area contributed by atoms with Crippen molar-refractivity contribution in [3.8, 4) is 0 Å². The molecular formula is C13H17FN6O. The molecule has 21 heavy (non-hydrogen) atoms. The number of benzene rings is 1. The molecule has 0 bridgehead atoms. The quantitative estimate of drug-likeness (QED) is 0.742. The summed E-state index contributed by atoms with van der Waals surface area (Å²) in [4.78, 5) is 18.0. The number of aromatic amines is 1. The minimum Gasteiger partial charge on any atom is -0.367 e. The van der Waals surface area contributed by atoms with Gasteiger partial charge in [-0.2, -0.15) is 4.98 Å². The molecule has 1 heterocycles. The Hall–Kier alpha value is -2.48. The summed E-state index contributed by atoms with van der Waals surface area (Å²) in [5.41, 5.74) is 6.09. The van der Waals surface area contributed by atoms with E-state index in [4.69, 9.17) is 5.73 Å². The number of H-pyrrole nitrogens is 1. The lowest BCUT2D eigenvalue weighted by Crippen LogP contribution is -2.36. The summed E-state index contributed by atoms with van der Waals surface area (Å²) < 4.78 is 13.0. The Balaban J connectivity index is 2.07. The summed E-state index contributed by atoms with van der Waals surface area (Å²) in [6.45, 7) is 0.189. The molecule has 1 aromatic carbocycles. The average Bonchev–Trinajstić information content (AvgIpc) is 2.84. The summed E-state index contributed by atoms with van der Waals surface area (Å²) >= 11 is 0. The van der Waals surface area contributed by atoms with E-state index in [-0.39, 0.29) is 24.2 Å². The molecule has 1 atom stereocenters. The molecule has 112 valence electrons. The van der Waals surface area contributed by atoms with E-state index in [0.717, 1.165) is 0 Å². The molecule has 0 spiro atoms. The maximum absolute atomic E-state index is 13.0. The molecule has 4 N–H and O–H groups in total. The third kappa shape index (κ3) is 3.76. The van der Waals surface area contributed by atoms with Crippen molar-refractivity contribution >= 4 is 11.9 Å². The van der Waals surface area contributed by atoms with Crippen molar-refractivity contribution in [3.63, 3.8) is 0 Å². The van der Waals surface area contributed by atoms with Crippen LogP contribution in [0.3, 0.4) is 0 Å². The fraction of sp³-hybridized carbons (Fsp3) is 0.308. The second-order valence-electron chi connectivity index (χ2n) is 4.78. The van der Waals surface area contributed by atoms with Gasteiger partial charge in [0.25, 0.3) is 0 Å². The SMILES string of the molecule is CN(C)C(C(=O)NCc1nc(N)n[nH]1)c1ccc(F)cc1. The molecule has 1 unspecified atom stereocenters. The van der Waals surface area contributed by atoms with Crippen LogP contribution in [0, 0.1) is 5.82 Å². The van der Waals surface area contributed by atoms with Crippen LogP contribution in [0.1, 0.15) is 17.4 Å². The third-order valence-corrected chi connectivity index (χ3v) is 2.93. The fourth-order valence-corrected chi connectivity index (χ4v) is 1.99. The molecule has 0 radical (unpaired) electrons. The molecule has 8 heteroatoms. The number of amides is 1. The zero-order valence-electron chi connectivity index (χ0n) is 11.8. The van der Waals surface area contributed by atoms with Crippen molar-refractivity contribution in [2.24, 2.45) is 0 Å². The van der Waals surface area contributed by atoms with Gasteiger partial charge in [-0.3, -0.25) is 14.8 Å². The second kappa shape index (κ2) is 6.31. The Morgan fingerprint density at radius 2 is 2.10 bits per heavy atom. The predicted molar refractivity (Wildman–Crippen MR) is 75.5 cm³/mol. The van der Waals surface area contributed by atoms with E-state index < -0.39 is 6.04 Å². The zero-order chi connectivity index (χ0) is 15.4. The van der Waals surface area contributed by atoms with Crippen LogP contribution in [0.4, 0.5) is 10.3 Å². The number of aromatic nitrogens is 3. The normalized spacial score (nSPS) is 12.4. The molecule has 0 saturated heterocycles. The topological polar surface area (TPSA) is 99.9 Å². The van der Waals surface area contributed by atoms with Gasteiger partial charge in [-0.25, -0.2) is 4.39 Å². The number of anilines is 1. The van der Waals surface area contributed by atoms with Gasteiger partial charge in [0.2, 0.25) is 11.9 Å². The monoisotopic (exact) mass is 292 g/mol. The first-order chi connectivity index (χ1) is 9.97. The van der Waals surface area contributed by atoms with E-state index >= 15 is 0 Å². The fourth-order valence-electron chi connectivity index (χ4n) is 1.99. The smallest absolute Gasteiger partial charge is 0.242 e. The van der Waals surface area contributed by atoms with Gasteiger partial charge in [0.05, 0.1) is 6.54 Å². The Kier molecular flexibility index (Phi) is 4.49. The highest BCUT2D eigenvalue weighted by Crippen LogP contribution is 2.18. The van der Waals surface area contributed by atoms with Crippen LogP contribution < -0.4 is 11.1 Å². The number of nitrogens with one attached hydrogen (secondary N) is 2. The second-order valence-corrected chi connectivity index (χ2v) is 4.78. The van der Waals surface area contributed by atoms with Gasteiger partial charge in [0.15, 0.2) is 0 Å². The average molecular weight is 292 g/mol. The number of hydrogen-bond acceptors (Lipinski definition) is 5. The molecule has 0 aliphatic rings. The molecule has 0 aliphatic carbocycles. The Bertz CT molecular complexity index is 609. The number of likely N-dealkylation sites (N-methyl/N-ethyl adjacent to an activating group) is 1. The molecule has 0 aliphatic heterocycles. The first-order valence-corrected chi connectivity index (χ1v) is 6.33. The van der Waals surface area contributed by atoms with Gasteiger partial charge < -0.3 is 11.1 Å². The molecule has 0 fully saturated rings. The predicted octanol–water partition coefficient (Wildman–Crippen LogP) is 0.445. The minimum atomic E-state index is -0.522. The van der Waals surface area contributed by atoms with Gasteiger partial charge in [-0.1, -0.05) is 12.1 Å². The van der Waals surface area contributed by atoms with Gasteiger partial charge in [-0.05, 0) is 31.8 Å². The maximum atomic E-state index is 13.0. The summed E-state index contributed by atoms with van der Waals surface area (Å²) in [6.07, 6.45) is 0. The van der Waals surface area contributed by atoms with Gasteiger partial charge >= 0.3 is 0 Å². The number of carbonyl (C=O) groups is 1. The lowest BCUT2D eigenvalue weighted by molar-refractivity contribution is -0.126. The Labute approximate surface area is 121 Å². The molecule has 2 aromatic rings. The van der Waals surface area contributed by atoms with Crippen LogP contribution in [-0.4, -0.2) is 40.1 Å². The van der Waals surface area contributed by atoms with Crippen molar-refractivity contribution in [1.82, 2.24) is 25.4 Å². The Morgan fingerprint density at radius 3 is 2.62 bits per heavy atom. The van der Waals surface area contributed by atoms with Crippen molar-refractivity contribution in [2.45, 2.75) is 12.6 Å². The lowest BCUT2D eigenvalue weighted by Gasteiger charge is -2.23. The zero-order valence-corrected chi connectivity index (χ0v) is 11.8. The molecular weight excluding hydrogens is 275 g/mol. The maximum Gasteiger partial charge on any atom is 0.242 e. The summed E-state index contributed by atoms with van der Waals surface area (Å²) in [6, 6.07) is 5.32. The van der Waals surface area contributed by atoms with Crippen LogP contribution in [0.15, 0.2) is 24.3 Å². The highest BCUT2D eigenvalue weighted by Gasteiger charge is 2.22. The van der Waals surface area contributed by atoms with E-state index in [1.54, 1.807) is 31.1 Å². The summed E-state index contributed by atoms with van der Waals surface area (Å²) in [5.74, 6) is 0.0368. The highest BCUT2D eigenvalue weighted by atomic mass is 19.1. The first kappa shape index (κ1) is 14.9. The van der Waals surface area contributed by atoms with E-state index in [2.05, 4.69) is 20.5 Å². The number of nitrogens with zero attached hydrogens (tertiary/aromatic N) is 3. The Morgan fingerprint density at radius 1 is 1.43 bits per heavy atom. The summed E-state index contributed by atoms with van der Waals surface area (Å²) in [5, 5.41) is 9.04. The van der Waals surface area contributed by atoms with Crippen LogP contribution >= 0.6 is 0 Å². The summed E-state index contributed by atoms with van der Waals surface area (Å²) in [7, 11) is 3.56. The largest absolute Gasteiger partial charge is 0.367 e. The van der Waals surface area contributed by atoms with Crippen molar-refractivity contribution in [3.05, 3.63) is 41.5 Å². The van der Waals surface area contributed by atoms with Crippen molar-refractivity contribution in [1.29, 1.82) is 0 Å². The molecule has 0 saturated carbocycles.